The quantitative estimate of drug-likeness (QED) is 0.498. The van der Waals surface area contributed by atoms with Gasteiger partial charge in [0, 0.05) is 24.5 Å². The summed E-state index contributed by atoms with van der Waals surface area (Å²) >= 11 is 0. The molecule has 150 valence electrons. The Morgan fingerprint density at radius 3 is 2.59 bits per heavy atom. The SMILES string of the molecule is CC1=Cc2c(F)cc(OCc3ccc(-n4cccc4)c(C(F)(F)F)c3)cc2OC1. The van der Waals surface area contributed by atoms with Crippen molar-refractivity contribution in [1.29, 1.82) is 0 Å². The van der Waals surface area contributed by atoms with Gasteiger partial charge in [0.1, 0.15) is 30.5 Å². The van der Waals surface area contributed by atoms with Gasteiger partial charge in [0.2, 0.25) is 0 Å². The second-order valence-electron chi connectivity index (χ2n) is 6.82. The molecule has 0 saturated carbocycles. The normalized spacial score (nSPS) is 13.5. The molecule has 3 nitrogen and oxygen atoms in total. The number of alkyl halides is 3. The largest absolute Gasteiger partial charge is 0.489 e. The Morgan fingerprint density at radius 2 is 1.86 bits per heavy atom. The number of rotatable bonds is 4. The van der Waals surface area contributed by atoms with Crippen molar-refractivity contribution in [3.05, 3.63) is 82.9 Å². The van der Waals surface area contributed by atoms with Crippen LogP contribution in [0, 0.1) is 5.82 Å². The van der Waals surface area contributed by atoms with E-state index in [2.05, 4.69) is 0 Å². The van der Waals surface area contributed by atoms with Crippen molar-refractivity contribution in [1.82, 2.24) is 4.57 Å². The summed E-state index contributed by atoms with van der Waals surface area (Å²) in [5.74, 6) is 0.0391. The Morgan fingerprint density at radius 1 is 1.10 bits per heavy atom. The zero-order valence-electron chi connectivity index (χ0n) is 15.5. The summed E-state index contributed by atoms with van der Waals surface area (Å²) in [7, 11) is 0. The summed E-state index contributed by atoms with van der Waals surface area (Å²) in [4.78, 5) is 0. The van der Waals surface area contributed by atoms with Gasteiger partial charge in [-0.1, -0.05) is 6.07 Å². The molecule has 0 amide bonds. The van der Waals surface area contributed by atoms with E-state index in [0.717, 1.165) is 11.6 Å². The lowest BCUT2D eigenvalue weighted by Crippen LogP contribution is -2.11. The highest BCUT2D eigenvalue weighted by Crippen LogP contribution is 2.36. The van der Waals surface area contributed by atoms with Crippen LogP contribution in [0.15, 0.2) is 60.4 Å². The molecule has 0 atom stereocenters. The van der Waals surface area contributed by atoms with Crippen LogP contribution in [-0.2, 0) is 12.8 Å². The standard InChI is InChI=1S/C22H17F4NO2/c1-14-8-17-19(23)10-16(11-21(17)29-12-14)28-13-15-4-5-20(27-6-2-3-7-27)18(9-15)22(24,25)26/h2-11H,12-13H2,1H3. The lowest BCUT2D eigenvalue weighted by Gasteiger charge is -2.18. The van der Waals surface area contributed by atoms with E-state index in [-0.39, 0.29) is 18.0 Å². The lowest BCUT2D eigenvalue weighted by molar-refractivity contribution is -0.137. The third kappa shape index (κ3) is 3.99. The molecule has 2 heterocycles. The number of fused-ring (bicyclic) bond motifs is 1. The van der Waals surface area contributed by atoms with E-state index in [9.17, 15) is 17.6 Å². The zero-order chi connectivity index (χ0) is 20.6. The second kappa shape index (κ2) is 7.31. The molecular weight excluding hydrogens is 386 g/mol. The van der Waals surface area contributed by atoms with Crippen LogP contribution in [0.5, 0.6) is 11.5 Å². The van der Waals surface area contributed by atoms with Gasteiger partial charge in [0.05, 0.1) is 16.8 Å². The van der Waals surface area contributed by atoms with Gasteiger partial charge in [0.25, 0.3) is 0 Å². The van der Waals surface area contributed by atoms with E-state index in [0.29, 0.717) is 23.5 Å². The number of hydrogen-bond donors (Lipinski definition) is 0. The Bertz CT molecular complexity index is 1070. The minimum atomic E-state index is -4.52. The molecular formula is C22H17F4NO2. The first kappa shape index (κ1) is 19.1. The van der Waals surface area contributed by atoms with Gasteiger partial charge >= 0.3 is 6.18 Å². The maximum Gasteiger partial charge on any atom is 0.418 e. The molecule has 0 spiro atoms. The minimum absolute atomic E-state index is 0.0293. The maximum absolute atomic E-state index is 14.3. The van der Waals surface area contributed by atoms with Gasteiger partial charge in [-0.15, -0.1) is 0 Å². The first-order valence-corrected chi connectivity index (χ1v) is 8.91. The van der Waals surface area contributed by atoms with E-state index in [1.165, 1.54) is 16.7 Å². The van der Waals surface area contributed by atoms with Gasteiger partial charge in [0.15, 0.2) is 0 Å². The topological polar surface area (TPSA) is 23.4 Å². The predicted molar refractivity (Wildman–Crippen MR) is 101 cm³/mol. The van der Waals surface area contributed by atoms with Crippen molar-refractivity contribution in [3.8, 4) is 17.2 Å². The summed E-state index contributed by atoms with van der Waals surface area (Å²) in [5, 5.41) is 0. The van der Waals surface area contributed by atoms with Gasteiger partial charge in [-0.2, -0.15) is 13.2 Å². The molecule has 0 unspecified atom stereocenters. The van der Waals surface area contributed by atoms with Crippen LogP contribution in [0.2, 0.25) is 0 Å². The summed E-state index contributed by atoms with van der Waals surface area (Å²) in [6.07, 6.45) is 0.276. The number of benzene rings is 2. The molecule has 3 aromatic rings. The first-order valence-electron chi connectivity index (χ1n) is 8.91. The minimum Gasteiger partial charge on any atom is -0.489 e. The molecule has 2 aromatic carbocycles. The molecule has 29 heavy (non-hydrogen) atoms. The maximum atomic E-state index is 14.3. The van der Waals surface area contributed by atoms with Crippen LogP contribution >= 0.6 is 0 Å². The number of halogens is 4. The highest BCUT2D eigenvalue weighted by Gasteiger charge is 2.34. The molecule has 0 saturated heterocycles. The summed E-state index contributed by atoms with van der Waals surface area (Å²) in [6.45, 7) is 2.05. The molecule has 4 rings (SSSR count). The van der Waals surface area contributed by atoms with Crippen molar-refractivity contribution in [2.24, 2.45) is 0 Å². The van der Waals surface area contributed by atoms with Crippen LogP contribution in [0.25, 0.3) is 11.8 Å². The monoisotopic (exact) mass is 403 g/mol. The van der Waals surface area contributed by atoms with Crippen LogP contribution in [0.3, 0.4) is 0 Å². The molecule has 0 N–H and O–H groups in total. The molecule has 0 fully saturated rings. The predicted octanol–water partition coefficient (Wildman–Crippen LogP) is 6.01. The van der Waals surface area contributed by atoms with Crippen molar-refractivity contribution in [2.75, 3.05) is 6.61 Å². The number of ether oxygens (including phenoxy) is 2. The van der Waals surface area contributed by atoms with Crippen molar-refractivity contribution in [2.45, 2.75) is 19.7 Å². The van der Waals surface area contributed by atoms with Crippen molar-refractivity contribution < 1.29 is 27.0 Å². The summed E-state index contributed by atoms with van der Waals surface area (Å²) in [5.41, 5.74) is 0.823. The van der Waals surface area contributed by atoms with Crippen molar-refractivity contribution >= 4 is 6.08 Å². The van der Waals surface area contributed by atoms with E-state index in [1.807, 2.05) is 6.92 Å². The van der Waals surface area contributed by atoms with E-state index in [4.69, 9.17) is 9.47 Å². The highest BCUT2D eigenvalue weighted by molar-refractivity contribution is 5.64. The fourth-order valence-electron chi connectivity index (χ4n) is 3.18. The molecule has 0 aliphatic carbocycles. The molecule has 0 radical (unpaired) electrons. The fourth-order valence-corrected chi connectivity index (χ4v) is 3.18. The number of hydrogen-bond acceptors (Lipinski definition) is 2. The Balaban J connectivity index is 1.59. The van der Waals surface area contributed by atoms with Gasteiger partial charge in [-0.3, -0.25) is 0 Å². The lowest BCUT2D eigenvalue weighted by atomic mass is 10.1. The third-order valence-corrected chi connectivity index (χ3v) is 4.57. The zero-order valence-corrected chi connectivity index (χ0v) is 15.5. The average Bonchev–Trinajstić information content (AvgIpc) is 3.21. The van der Waals surface area contributed by atoms with Crippen LogP contribution < -0.4 is 9.47 Å². The Kier molecular flexibility index (Phi) is 4.82. The molecule has 1 aliphatic rings. The average molecular weight is 403 g/mol. The number of aromatic nitrogens is 1. The van der Waals surface area contributed by atoms with E-state index in [1.54, 1.807) is 42.7 Å². The van der Waals surface area contributed by atoms with Crippen molar-refractivity contribution in [3.63, 3.8) is 0 Å². The molecule has 7 heteroatoms. The number of nitrogens with zero attached hydrogens (tertiary/aromatic N) is 1. The van der Waals surface area contributed by atoms with E-state index < -0.39 is 17.6 Å². The smallest absolute Gasteiger partial charge is 0.418 e. The fraction of sp³-hybridized carbons (Fsp3) is 0.182. The van der Waals surface area contributed by atoms with E-state index >= 15 is 0 Å². The summed E-state index contributed by atoms with van der Waals surface area (Å²) < 4.78 is 67.3. The second-order valence-corrected chi connectivity index (χ2v) is 6.82. The van der Waals surface area contributed by atoms with Gasteiger partial charge in [-0.05, 0) is 48.4 Å². The summed E-state index contributed by atoms with van der Waals surface area (Å²) in [6, 6.07) is 10.1. The molecule has 1 aromatic heterocycles. The molecule has 1 aliphatic heterocycles. The Labute approximate surface area is 164 Å². The molecule has 0 bridgehead atoms. The Hall–Kier alpha value is -3.22. The van der Waals surface area contributed by atoms with Crippen LogP contribution in [0.4, 0.5) is 17.6 Å². The van der Waals surface area contributed by atoms with Crippen LogP contribution in [-0.4, -0.2) is 11.2 Å². The highest BCUT2D eigenvalue weighted by atomic mass is 19.4. The van der Waals surface area contributed by atoms with Gasteiger partial charge < -0.3 is 14.0 Å². The van der Waals surface area contributed by atoms with Crippen LogP contribution in [0.1, 0.15) is 23.6 Å². The van der Waals surface area contributed by atoms with Gasteiger partial charge in [-0.25, -0.2) is 4.39 Å². The third-order valence-electron chi connectivity index (χ3n) is 4.57. The first-order chi connectivity index (χ1) is 13.8.